The quantitative estimate of drug-likeness (QED) is 0.516. The van der Waals surface area contributed by atoms with E-state index in [0.717, 1.165) is 27.9 Å². The summed E-state index contributed by atoms with van der Waals surface area (Å²) in [6.07, 6.45) is 8.00. The second-order valence-corrected chi connectivity index (χ2v) is 6.62. The molecule has 1 aromatic carbocycles. The predicted molar refractivity (Wildman–Crippen MR) is 115 cm³/mol. The number of aromatic nitrogens is 6. The van der Waals surface area contributed by atoms with Crippen molar-refractivity contribution in [1.29, 1.82) is 0 Å². The first-order chi connectivity index (χ1) is 14.4. The fourth-order valence-corrected chi connectivity index (χ4v) is 2.95. The van der Waals surface area contributed by atoms with E-state index in [0.29, 0.717) is 17.5 Å². The number of anilines is 1. The van der Waals surface area contributed by atoms with Crippen LogP contribution in [0.2, 0.25) is 0 Å². The Balaban J connectivity index is 0.00000124. The molecule has 0 saturated heterocycles. The molecule has 0 fully saturated rings. The molecule has 0 spiro atoms. The van der Waals surface area contributed by atoms with E-state index in [4.69, 9.17) is 10.3 Å². The third kappa shape index (κ3) is 4.13. The van der Waals surface area contributed by atoms with Crippen LogP contribution in [0, 0.1) is 45.5 Å². The fraction of sp³-hybridized carbons (Fsp3) is 0.227. The fourth-order valence-electron chi connectivity index (χ4n) is 2.95. The van der Waals surface area contributed by atoms with Crippen molar-refractivity contribution in [2.45, 2.75) is 33.6 Å². The second kappa shape index (κ2) is 8.46. The number of rotatable bonds is 2. The van der Waals surface area contributed by atoms with Crippen LogP contribution in [0.25, 0.3) is 16.7 Å². The zero-order valence-corrected chi connectivity index (χ0v) is 17.2. The minimum Gasteiger partial charge on any atom is -0.368 e. The number of nitrogen functional groups attached to an aromatic ring is 1. The molecule has 1 atom stereocenters. The minimum absolute atomic E-state index is 0.135. The Labute approximate surface area is 174 Å². The second-order valence-electron chi connectivity index (χ2n) is 6.62. The third-order valence-electron chi connectivity index (χ3n) is 4.30. The largest absolute Gasteiger partial charge is 0.368 e. The summed E-state index contributed by atoms with van der Waals surface area (Å²) >= 11 is 0. The monoisotopic (exact) mass is 399 g/mol. The standard InChI is InChI=1S/C20H19N7O.C2H2/c1-11(19-23-14(4)28-26-19)5-6-15-7-8-16-13(3)25-27(17(16)10-15)18-9-12(2)22-20(21)24-18;1-2/h7-11H,1-4H3,(H2,21,22,24);1-2H/t11-;/m0./s1. The Bertz CT molecular complexity index is 1270. The van der Waals surface area contributed by atoms with Crippen LogP contribution in [-0.2, 0) is 0 Å². The van der Waals surface area contributed by atoms with Crippen molar-refractivity contribution in [3.8, 4) is 30.5 Å². The molecule has 0 amide bonds. The van der Waals surface area contributed by atoms with Crippen LogP contribution in [-0.4, -0.2) is 29.9 Å². The van der Waals surface area contributed by atoms with Crippen molar-refractivity contribution in [3.63, 3.8) is 0 Å². The van der Waals surface area contributed by atoms with Crippen LogP contribution in [0.3, 0.4) is 0 Å². The van der Waals surface area contributed by atoms with Crippen LogP contribution in [0.15, 0.2) is 28.8 Å². The van der Waals surface area contributed by atoms with Gasteiger partial charge in [0.05, 0.1) is 17.1 Å². The molecule has 8 nitrogen and oxygen atoms in total. The Morgan fingerprint density at radius 2 is 1.87 bits per heavy atom. The number of nitrogens with two attached hydrogens (primary N) is 1. The first kappa shape index (κ1) is 20.6. The summed E-state index contributed by atoms with van der Waals surface area (Å²) in [7, 11) is 0. The first-order valence-electron chi connectivity index (χ1n) is 9.16. The number of fused-ring (bicyclic) bond motifs is 1. The topological polar surface area (TPSA) is 109 Å². The van der Waals surface area contributed by atoms with Gasteiger partial charge in [0.15, 0.2) is 11.6 Å². The maximum atomic E-state index is 5.81. The lowest BCUT2D eigenvalue weighted by Gasteiger charge is -2.05. The average Bonchev–Trinajstić information content (AvgIpc) is 3.30. The van der Waals surface area contributed by atoms with Gasteiger partial charge in [-0.05, 0) is 39.0 Å². The molecule has 0 saturated carbocycles. The highest BCUT2D eigenvalue weighted by Crippen LogP contribution is 2.23. The molecule has 0 bridgehead atoms. The van der Waals surface area contributed by atoms with Crippen molar-refractivity contribution in [1.82, 2.24) is 29.9 Å². The van der Waals surface area contributed by atoms with Crippen molar-refractivity contribution in [2.75, 3.05) is 5.73 Å². The van der Waals surface area contributed by atoms with Crippen molar-refractivity contribution >= 4 is 16.9 Å². The zero-order valence-electron chi connectivity index (χ0n) is 17.2. The summed E-state index contributed by atoms with van der Waals surface area (Å²) < 4.78 is 6.79. The molecule has 0 unspecified atom stereocenters. The maximum absolute atomic E-state index is 5.81. The van der Waals surface area contributed by atoms with Crippen LogP contribution in [0.1, 0.15) is 41.5 Å². The van der Waals surface area contributed by atoms with Gasteiger partial charge < -0.3 is 10.3 Å². The highest BCUT2D eigenvalue weighted by atomic mass is 16.5. The Morgan fingerprint density at radius 3 is 2.53 bits per heavy atom. The highest BCUT2D eigenvalue weighted by molar-refractivity contribution is 5.84. The first-order valence-corrected chi connectivity index (χ1v) is 9.16. The molecule has 0 aliphatic rings. The van der Waals surface area contributed by atoms with Gasteiger partial charge in [0.1, 0.15) is 0 Å². The van der Waals surface area contributed by atoms with Crippen molar-refractivity contribution in [3.05, 3.63) is 52.9 Å². The average molecular weight is 399 g/mol. The van der Waals surface area contributed by atoms with Gasteiger partial charge in [0.25, 0.3) is 0 Å². The van der Waals surface area contributed by atoms with Gasteiger partial charge in [-0.25, -0.2) is 9.67 Å². The zero-order chi connectivity index (χ0) is 21.8. The molecule has 3 aromatic heterocycles. The molecule has 150 valence electrons. The molecule has 0 radical (unpaired) electrons. The molecule has 4 rings (SSSR count). The van der Waals surface area contributed by atoms with Gasteiger partial charge in [0.2, 0.25) is 11.8 Å². The summed E-state index contributed by atoms with van der Waals surface area (Å²) in [6.45, 7) is 7.53. The van der Waals surface area contributed by atoms with E-state index in [-0.39, 0.29) is 11.9 Å². The van der Waals surface area contributed by atoms with Crippen LogP contribution >= 0.6 is 0 Å². The number of benzene rings is 1. The minimum atomic E-state index is -0.135. The molecular weight excluding hydrogens is 378 g/mol. The summed E-state index contributed by atoms with van der Waals surface area (Å²) in [4.78, 5) is 12.7. The third-order valence-corrected chi connectivity index (χ3v) is 4.30. The number of hydrogen-bond donors (Lipinski definition) is 1. The van der Waals surface area contributed by atoms with Gasteiger partial charge in [0, 0.05) is 29.6 Å². The van der Waals surface area contributed by atoms with E-state index in [9.17, 15) is 0 Å². The van der Waals surface area contributed by atoms with E-state index >= 15 is 0 Å². The Morgan fingerprint density at radius 1 is 1.10 bits per heavy atom. The summed E-state index contributed by atoms with van der Waals surface area (Å²) in [5, 5.41) is 9.57. The van der Waals surface area contributed by atoms with Crippen molar-refractivity contribution in [2.24, 2.45) is 0 Å². The Hall–Kier alpha value is -4.17. The van der Waals surface area contributed by atoms with Gasteiger partial charge in [-0.3, -0.25) is 0 Å². The van der Waals surface area contributed by atoms with E-state index < -0.39 is 0 Å². The highest BCUT2D eigenvalue weighted by Gasteiger charge is 2.12. The molecular formula is C22H21N7O. The van der Waals surface area contributed by atoms with E-state index in [1.165, 1.54) is 0 Å². The van der Waals surface area contributed by atoms with E-state index in [2.05, 4.69) is 49.9 Å². The number of hydrogen-bond acceptors (Lipinski definition) is 7. The van der Waals surface area contributed by atoms with Gasteiger partial charge in [-0.2, -0.15) is 15.1 Å². The molecule has 3 heterocycles. The maximum Gasteiger partial charge on any atom is 0.223 e. The normalized spacial score (nSPS) is 11.3. The van der Waals surface area contributed by atoms with E-state index in [1.807, 2.05) is 45.0 Å². The lowest BCUT2D eigenvalue weighted by Crippen LogP contribution is -2.05. The molecule has 2 N–H and O–H groups in total. The molecule has 0 aliphatic heterocycles. The molecule has 8 heteroatoms. The van der Waals surface area contributed by atoms with Gasteiger partial charge >= 0.3 is 0 Å². The van der Waals surface area contributed by atoms with Gasteiger partial charge in [-0.15, -0.1) is 12.8 Å². The summed E-state index contributed by atoms with van der Waals surface area (Å²) in [5.41, 5.74) is 9.26. The summed E-state index contributed by atoms with van der Waals surface area (Å²) in [5.74, 6) is 8.18. The number of nitrogens with zero attached hydrogens (tertiary/aromatic N) is 6. The van der Waals surface area contributed by atoms with Crippen molar-refractivity contribution < 1.29 is 4.52 Å². The Kier molecular flexibility index (Phi) is 5.80. The molecule has 0 aliphatic carbocycles. The number of terminal acetylenes is 1. The van der Waals surface area contributed by atoms with Crippen LogP contribution < -0.4 is 5.73 Å². The molecule has 30 heavy (non-hydrogen) atoms. The van der Waals surface area contributed by atoms with Gasteiger partial charge in [-0.1, -0.05) is 17.0 Å². The van der Waals surface area contributed by atoms with Crippen LogP contribution in [0.4, 0.5) is 5.95 Å². The SMILES string of the molecule is C#C.Cc1cc(-n2nc(C)c3ccc(C#C[C@H](C)c4noc(C)n4)cc32)nc(N)n1. The predicted octanol–water partition coefficient (Wildman–Crippen LogP) is 3.11. The van der Waals surface area contributed by atoms with Crippen LogP contribution in [0.5, 0.6) is 0 Å². The lowest BCUT2D eigenvalue weighted by molar-refractivity contribution is 0.386. The molecule has 4 aromatic rings. The van der Waals surface area contributed by atoms with E-state index in [1.54, 1.807) is 11.6 Å². The summed E-state index contributed by atoms with van der Waals surface area (Å²) in [6, 6.07) is 7.83. The lowest BCUT2D eigenvalue weighted by atomic mass is 10.1. The number of aryl methyl sites for hydroxylation is 3. The smallest absolute Gasteiger partial charge is 0.223 e.